The minimum atomic E-state index is -0.394. The number of esters is 1. The van der Waals surface area contributed by atoms with E-state index in [0.717, 1.165) is 23.9 Å². The highest BCUT2D eigenvalue weighted by molar-refractivity contribution is 7.11. The number of ether oxygens (including phenoxy) is 1. The third kappa shape index (κ3) is 2.93. The molecule has 0 spiro atoms. The normalized spacial score (nSPS) is 15.2. The molecule has 0 aromatic carbocycles. The van der Waals surface area contributed by atoms with Gasteiger partial charge in [0.25, 0.3) is 0 Å². The number of anilines is 2. The van der Waals surface area contributed by atoms with E-state index in [1.165, 1.54) is 30.8 Å². The zero-order chi connectivity index (χ0) is 13.0. The molecule has 0 atom stereocenters. The lowest BCUT2D eigenvalue weighted by Gasteiger charge is -2.25. The van der Waals surface area contributed by atoms with Gasteiger partial charge in [-0.05, 0) is 30.8 Å². The molecule has 0 bridgehead atoms. The standard InChI is InChI=1S/C12H19N3O2S/c1-2-17-12(16)9-10(13)15-18-11(9)14-7-6-8-4-3-5-8/h8,14H,2-7H2,1H3,(H2,13,15). The first-order valence-electron chi connectivity index (χ1n) is 6.38. The summed E-state index contributed by atoms with van der Waals surface area (Å²) in [6.45, 7) is 2.98. The number of carbonyl (C=O) groups is 1. The van der Waals surface area contributed by atoms with Gasteiger partial charge in [-0.15, -0.1) is 0 Å². The number of hydrogen-bond donors (Lipinski definition) is 2. The SMILES string of the molecule is CCOC(=O)c1c(N)nsc1NCCC1CCC1. The van der Waals surface area contributed by atoms with Crippen LogP contribution in [0.4, 0.5) is 10.8 Å². The van der Waals surface area contributed by atoms with Gasteiger partial charge < -0.3 is 15.8 Å². The number of rotatable bonds is 6. The summed E-state index contributed by atoms with van der Waals surface area (Å²) >= 11 is 1.22. The lowest BCUT2D eigenvalue weighted by molar-refractivity contribution is 0.0529. The summed E-state index contributed by atoms with van der Waals surface area (Å²) in [7, 11) is 0. The summed E-state index contributed by atoms with van der Waals surface area (Å²) in [4.78, 5) is 11.7. The van der Waals surface area contributed by atoms with Gasteiger partial charge in [-0.3, -0.25) is 0 Å². The van der Waals surface area contributed by atoms with Crippen LogP contribution in [-0.4, -0.2) is 23.5 Å². The Balaban J connectivity index is 1.92. The van der Waals surface area contributed by atoms with Crippen molar-refractivity contribution in [3.63, 3.8) is 0 Å². The number of aromatic nitrogens is 1. The quantitative estimate of drug-likeness (QED) is 0.776. The number of carbonyl (C=O) groups excluding carboxylic acids is 1. The minimum absolute atomic E-state index is 0.254. The van der Waals surface area contributed by atoms with Crippen molar-refractivity contribution >= 4 is 28.3 Å². The topological polar surface area (TPSA) is 77.2 Å². The zero-order valence-corrected chi connectivity index (χ0v) is 11.4. The molecule has 0 aliphatic heterocycles. The molecule has 5 nitrogen and oxygen atoms in total. The Hall–Kier alpha value is -1.30. The van der Waals surface area contributed by atoms with Gasteiger partial charge in [0.15, 0.2) is 5.82 Å². The Morgan fingerprint density at radius 2 is 2.39 bits per heavy atom. The fourth-order valence-electron chi connectivity index (χ4n) is 1.99. The molecule has 2 rings (SSSR count). The second kappa shape index (κ2) is 6.04. The third-order valence-corrected chi connectivity index (χ3v) is 4.08. The van der Waals surface area contributed by atoms with Crippen LogP contribution in [0.25, 0.3) is 0 Å². The van der Waals surface area contributed by atoms with Crippen LogP contribution in [0, 0.1) is 5.92 Å². The van der Waals surface area contributed by atoms with Crippen molar-refractivity contribution in [2.24, 2.45) is 5.92 Å². The fourth-order valence-corrected chi connectivity index (χ4v) is 2.72. The number of nitrogen functional groups attached to an aromatic ring is 1. The Kier molecular flexibility index (Phi) is 4.41. The average Bonchev–Trinajstić information content (AvgIpc) is 2.64. The van der Waals surface area contributed by atoms with Crippen molar-refractivity contribution in [1.29, 1.82) is 0 Å². The molecule has 1 heterocycles. The number of nitrogens with two attached hydrogens (primary N) is 1. The Morgan fingerprint density at radius 1 is 1.61 bits per heavy atom. The molecule has 0 amide bonds. The van der Waals surface area contributed by atoms with Gasteiger partial charge in [-0.1, -0.05) is 19.3 Å². The predicted molar refractivity (Wildman–Crippen MR) is 72.9 cm³/mol. The first-order valence-corrected chi connectivity index (χ1v) is 7.15. The van der Waals surface area contributed by atoms with Crippen molar-refractivity contribution in [2.45, 2.75) is 32.6 Å². The predicted octanol–water partition coefficient (Wildman–Crippen LogP) is 2.50. The van der Waals surface area contributed by atoms with E-state index in [0.29, 0.717) is 12.2 Å². The van der Waals surface area contributed by atoms with Crippen LogP contribution in [0.3, 0.4) is 0 Å². The summed E-state index contributed by atoms with van der Waals surface area (Å²) in [5.41, 5.74) is 6.08. The van der Waals surface area contributed by atoms with Gasteiger partial charge in [0, 0.05) is 6.54 Å². The molecule has 100 valence electrons. The van der Waals surface area contributed by atoms with Gasteiger partial charge in [-0.25, -0.2) is 4.79 Å². The Morgan fingerprint density at radius 3 is 3.00 bits per heavy atom. The zero-order valence-electron chi connectivity index (χ0n) is 10.6. The van der Waals surface area contributed by atoms with Crippen molar-refractivity contribution in [3.8, 4) is 0 Å². The summed E-state index contributed by atoms with van der Waals surface area (Å²) < 4.78 is 8.98. The van der Waals surface area contributed by atoms with E-state index in [4.69, 9.17) is 10.5 Å². The molecular formula is C12H19N3O2S. The largest absolute Gasteiger partial charge is 0.462 e. The molecule has 18 heavy (non-hydrogen) atoms. The molecule has 0 radical (unpaired) electrons. The highest BCUT2D eigenvalue weighted by Gasteiger charge is 2.21. The molecule has 1 aliphatic carbocycles. The van der Waals surface area contributed by atoms with E-state index >= 15 is 0 Å². The molecule has 3 N–H and O–H groups in total. The van der Waals surface area contributed by atoms with Crippen LogP contribution in [0.2, 0.25) is 0 Å². The summed E-state index contributed by atoms with van der Waals surface area (Å²) in [5.74, 6) is 0.702. The van der Waals surface area contributed by atoms with E-state index < -0.39 is 5.97 Å². The number of nitrogens with one attached hydrogen (secondary N) is 1. The monoisotopic (exact) mass is 269 g/mol. The summed E-state index contributed by atoms with van der Waals surface area (Å²) in [6, 6.07) is 0. The highest BCUT2D eigenvalue weighted by atomic mass is 32.1. The number of hydrogen-bond acceptors (Lipinski definition) is 6. The van der Waals surface area contributed by atoms with Crippen LogP contribution < -0.4 is 11.1 Å². The van der Waals surface area contributed by atoms with Gasteiger partial charge in [0.05, 0.1) is 6.61 Å². The lowest BCUT2D eigenvalue weighted by Crippen LogP contribution is -2.16. The first-order chi connectivity index (χ1) is 8.72. The second-order valence-electron chi connectivity index (χ2n) is 4.50. The minimum Gasteiger partial charge on any atom is -0.462 e. The van der Waals surface area contributed by atoms with Crippen LogP contribution in [-0.2, 0) is 4.74 Å². The molecule has 6 heteroatoms. The lowest BCUT2D eigenvalue weighted by atomic mass is 9.83. The molecule has 1 fully saturated rings. The smallest absolute Gasteiger partial charge is 0.344 e. The van der Waals surface area contributed by atoms with Crippen molar-refractivity contribution in [3.05, 3.63) is 5.56 Å². The van der Waals surface area contributed by atoms with Crippen molar-refractivity contribution in [2.75, 3.05) is 24.2 Å². The van der Waals surface area contributed by atoms with Gasteiger partial charge in [0.1, 0.15) is 10.6 Å². The molecule has 0 unspecified atom stereocenters. The third-order valence-electron chi connectivity index (χ3n) is 3.26. The summed E-state index contributed by atoms with van der Waals surface area (Å²) in [5, 5.41) is 3.97. The van der Waals surface area contributed by atoms with E-state index in [1.807, 2.05) is 0 Å². The van der Waals surface area contributed by atoms with Crippen LogP contribution in [0.15, 0.2) is 0 Å². The maximum atomic E-state index is 11.7. The van der Waals surface area contributed by atoms with Crippen molar-refractivity contribution in [1.82, 2.24) is 4.37 Å². The maximum Gasteiger partial charge on any atom is 0.344 e. The highest BCUT2D eigenvalue weighted by Crippen LogP contribution is 2.31. The second-order valence-corrected chi connectivity index (χ2v) is 5.28. The van der Waals surface area contributed by atoms with Crippen molar-refractivity contribution < 1.29 is 9.53 Å². The molecule has 1 aromatic rings. The molecule has 1 aromatic heterocycles. The van der Waals surface area contributed by atoms with E-state index in [2.05, 4.69) is 9.69 Å². The van der Waals surface area contributed by atoms with Gasteiger partial charge in [-0.2, -0.15) is 4.37 Å². The van der Waals surface area contributed by atoms with E-state index in [-0.39, 0.29) is 5.82 Å². The maximum absolute atomic E-state index is 11.7. The van der Waals surface area contributed by atoms with Crippen LogP contribution in [0.1, 0.15) is 43.0 Å². The first kappa shape index (κ1) is 13.1. The molecular weight excluding hydrogens is 250 g/mol. The van der Waals surface area contributed by atoms with E-state index in [9.17, 15) is 4.79 Å². The Labute approximate surface area is 111 Å². The molecule has 1 saturated carbocycles. The Bertz CT molecular complexity index is 415. The molecule has 1 aliphatic rings. The number of nitrogens with zero attached hydrogens (tertiary/aromatic N) is 1. The van der Waals surface area contributed by atoms with Crippen LogP contribution in [0.5, 0.6) is 0 Å². The van der Waals surface area contributed by atoms with Gasteiger partial charge in [0.2, 0.25) is 0 Å². The molecule has 0 saturated heterocycles. The van der Waals surface area contributed by atoms with Crippen LogP contribution >= 0.6 is 11.5 Å². The van der Waals surface area contributed by atoms with E-state index in [1.54, 1.807) is 6.92 Å². The average molecular weight is 269 g/mol. The van der Waals surface area contributed by atoms with Gasteiger partial charge >= 0.3 is 5.97 Å². The fraction of sp³-hybridized carbons (Fsp3) is 0.667. The summed E-state index contributed by atoms with van der Waals surface area (Å²) in [6.07, 6.45) is 5.15.